The van der Waals surface area contributed by atoms with E-state index in [0.717, 1.165) is 17.8 Å². The Morgan fingerprint density at radius 1 is 1.19 bits per heavy atom. The fourth-order valence-electron chi connectivity index (χ4n) is 5.20. The Bertz CT molecular complexity index is 1230. The van der Waals surface area contributed by atoms with Gasteiger partial charge < -0.3 is 25.6 Å². The maximum atomic E-state index is 13.6. The number of benzene rings is 1. The Kier molecular flexibility index (Phi) is 6.76. The minimum Gasteiger partial charge on any atom is -0.372 e. The number of thiophene rings is 1. The van der Waals surface area contributed by atoms with Crippen molar-refractivity contribution in [1.29, 1.82) is 0 Å². The molecule has 3 atom stereocenters. The van der Waals surface area contributed by atoms with E-state index in [2.05, 4.69) is 16.0 Å². The second kappa shape index (κ2) is 9.84. The van der Waals surface area contributed by atoms with Crippen LogP contribution in [0.4, 0.5) is 5.69 Å². The third-order valence-electron chi connectivity index (χ3n) is 7.06. The first-order chi connectivity index (χ1) is 17.2. The van der Waals surface area contributed by atoms with Crippen LogP contribution in [0.2, 0.25) is 4.34 Å². The summed E-state index contributed by atoms with van der Waals surface area (Å²) in [6.45, 7) is 3.04. The lowest BCUT2D eigenvalue weighted by Gasteiger charge is -2.34. The summed E-state index contributed by atoms with van der Waals surface area (Å²) in [5, 5.41) is 8.66. The van der Waals surface area contributed by atoms with Crippen molar-refractivity contribution in [2.45, 2.75) is 50.4 Å². The van der Waals surface area contributed by atoms with Gasteiger partial charge in [-0.3, -0.25) is 19.2 Å². The van der Waals surface area contributed by atoms with E-state index in [0.29, 0.717) is 58.5 Å². The molecular formula is C25H27ClN4O5S. The first-order valence-corrected chi connectivity index (χ1v) is 13.2. The third kappa shape index (κ3) is 4.72. The van der Waals surface area contributed by atoms with E-state index in [1.165, 1.54) is 0 Å². The van der Waals surface area contributed by atoms with Crippen LogP contribution in [0, 0.1) is 6.92 Å². The highest BCUT2D eigenvalue weighted by Crippen LogP contribution is 2.43. The molecule has 4 heterocycles. The van der Waals surface area contributed by atoms with Crippen molar-refractivity contribution in [3.05, 3.63) is 50.7 Å². The van der Waals surface area contributed by atoms with E-state index >= 15 is 0 Å². The minimum atomic E-state index is -1.19. The zero-order valence-electron chi connectivity index (χ0n) is 19.8. The molecule has 0 saturated carbocycles. The molecule has 3 fully saturated rings. The third-order valence-corrected chi connectivity index (χ3v) is 8.29. The van der Waals surface area contributed by atoms with Crippen molar-refractivity contribution in [3.63, 3.8) is 0 Å². The fraction of sp³-hybridized carbons (Fsp3) is 0.440. The van der Waals surface area contributed by atoms with Gasteiger partial charge >= 0.3 is 0 Å². The number of carbonyl (C=O) groups excluding carboxylic acids is 4. The van der Waals surface area contributed by atoms with E-state index in [1.54, 1.807) is 35.2 Å². The Balaban J connectivity index is 1.32. The van der Waals surface area contributed by atoms with Gasteiger partial charge in [-0.2, -0.15) is 0 Å². The Morgan fingerprint density at radius 2 is 2.03 bits per heavy atom. The van der Waals surface area contributed by atoms with Crippen LogP contribution >= 0.6 is 22.9 Å². The Morgan fingerprint density at radius 3 is 2.69 bits per heavy atom. The lowest BCUT2D eigenvalue weighted by molar-refractivity contribution is -0.124. The SMILES string of the molecule is Cc1cc(NC(=O)C2(NC(=O)c3ccc(Cl)s3)CC3CCC2O3)ccc1C(=O)N1CCNC(=O)CC1. The first-order valence-electron chi connectivity index (χ1n) is 12.0. The van der Waals surface area contributed by atoms with Crippen molar-refractivity contribution in [1.82, 2.24) is 15.5 Å². The van der Waals surface area contributed by atoms with E-state index in [4.69, 9.17) is 16.3 Å². The molecule has 5 rings (SSSR count). The lowest BCUT2D eigenvalue weighted by Crippen LogP contribution is -2.62. The molecule has 3 unspecified atom stereocenters. The molecule has 9 nitrogen and oxygen atoms in total. The van der Waals surface area contributed by atoms with Crippen molar-refractivity contribution in [3.8, 4) is 0 Å². The summed E-state index contributed by atoms with van der Waals surface area (Å²) in [6.07, 6.45) is 1.71. The number of ether oxygens (including phenoxy) is 1. The molecule has 3 aliphatic rings. The smallest absolute Gasteiger partial charge is 0.262 e. The number of aryl methyl sites for hydroxylation is 1. The van der Waals surface area contributed by atoms with Crippen LogP contribution < -0.4 is 16.0 Å². The van der Waals surface area contributed by atoms with Crippen molar-refractivity contribution in [2.75, 3.05) is 25.0 Å². The van der Waals surface area contributed by atoms with Crippen LogP contribution in [0.1, 0.15) is 51.3 Å². The number of hydrogen-bond acceptors (Lipinski definition) is 6. The standard InChI is InChI=1S/C25H27ClN4O5S/c1-14-12-15(2-4-17(14)23(33)30-10-8-21(31)27-9-11-30)28-24(34)25(13-16-3-6-19(25)35-16)29-22(32)18-5-7-20(26)36-18/h2,4-5,7,12,16,19H,3,6,8-11,13H2,1H3,(H,27,31)(H,28,34)(H,29,32). The summed E-state index contributed by atoms with van der Waals surface area (Å²) in [6, 6.07) is 8.40. The van der Waals surface area contributed by atoms with Gasteiger partial charge in [0.15, 0.2) is 0 Å². The van der Waals surface area contributed by atoms with Gasteiger partial charge in [-0.15, -0.1) is 11.3 Å². The van der Waals surface area contributed by atoms with Crippen LogP contribution in [0.25, 0.3) is 0 Å². The first kappa shape index (κ1) is 24.7. The maximum Gasteiger partial charge on any atom is 0.262 e. The number of halogens is 1. The Hall–Kier alpha value is -2.95. The molecule has 11 heteroatoms. The topological polar surface area (TPSA) is 117 Å². The molecule has 0 radical (unpaired) electrons. The van der Waals surface area contributed by atoms with Gasteiger partial charge in [0.2, 0.25) is 5.91 Å². The molecule has 36 heavy (non-hydrogen) atoms. The second-order valence-electron chi connectivity index (χ2n) is 9.43. The van der Waals surface area contributed by atoms with Crippen molar-refractivity contribution >= 4 is 52.3 Å². The number of hydrogen-bond donors (Lipinski definition) is 3. The molecule has 3 aliphatic heterocycles. The zero-order valence-corrected chi connectivity index (χ0v) is 21.3. The summed E-state index contributed by atoms with van der Waals surface area (Å²) in [7, 11) is 0. The van der Waals surface area contributed by atoms with Gasteiger partial charge in [0, 0.05) is 43.7 Å². The monoisotopic (exact) mass is 530 g/mol. The fourth-order valence-corrected chi connectivity index (χ4v) is 6.14. The van der Waals surface area contributed by atoms with E-state index in [-0.39, 0.29) is 36.2 Å². The highest BCUT2D eigenvalue weighted by molar-refractivity contribution is 7.18. The second-order valence-corrected chi connectivity index (χ2v) is 11.1. The molecule has 1 aromatic carbocycles. The minimum absolute atomic E-state index is 0.0622. The highest BCUT2D eigenvalue weighted by Gasteiger charge is 2.58. The number of rotatable bonds is 5. The van der Waals surface area contributed by atoms with Gasteiger partial charge in [0.25, 0.3) is 17.7 Å². The van der Waals surface area contributed by atoms with Crippen molar-refractivity contribution < 1.29 is 23.9 Å². The van der Waals surface area contributed by atoms with E-state index in [1.807, 2.05) is 6.92 Å². The van der Waals surface area contributed by atoms with E-state index in [9.17, 15) is 19.2 Å². The quantitative estimate of drug-likeness (QED) is 0.549. The average Bonchev–Trinajstić information content (AvgIpc) is 3.53. The number of carbonyl (C=O) groups is 4. The van der Waals surface area contributed by atoms with E-state index < -0.39 is 11.6 Å². The molecule has 0 aliphatic carbocycles. The normalized spacial score (nSPS) is 25.3. The summed E-state index contributed by atoms with van der Waals surface area (Å²) in [5.41, 5.74) is 0.558. The molecule has 4 amide bonds. The summed E-state index contributed by atoms with van der Waals surface area (Å²) < 4.78 is 6.47. The van der Waals surface area contributed by atoms with Crippen LogP contribution in [-0.4, -0.2) is 65.9 Å². The van der Waals surface area contributed by atoms with Crippen LogP contribution in [0.15, 0.2) is 30.3 Å². The van der Waals surface area contributed by atoms with Gasteiger partial charge in [-0.25, -0.2) is 0 Å². The molecule has 3 saturated heterocycles. The molecule has 2 aromatic rings. The summed E-state index contributed by atoms with van der Waals surface area (Å²) in [5.74, 6) is -0.920. The number of fused-ring (bicyclic) bond motifs is 2. The Labute approximate surface area is 217 Å². The van der Waals surface area contributed by atoms with Gasteiger partial charge in [-0.05, 0) is 55.7 Å². The summed E-state index contributed by atoms with van der Waals surface area (Å²) >= 11 is 7.15. The molecule has 3 N–H and O–H groups in total. The molecule has 1 aromatic heterocycles. The predicted molar refractivity (Wildman–Crippen MR) is 135 cm³/mol. The largest absolute Gasteiger partial charge is 0.372 e. The number of nitrogens with zero attached hydrogens (tertiary/aromatic N) is 1. The van der Waals surface area contributed by atoms with Crippen molar-refractivity contribution in [2.24, 2.45) is 0 Å². The average molecular weight is 531 g/mol. The van der Waals surface area contributed by atoms with Crippen LogP contribution in [-0.2, 0) is 14.3 Å². The molecule has 0 spiro atoms. The van der Waals surface area contributed by atoms with Gasteiger partial charge in [0.1, 0.15) is 5.54 Å². The van der Waals surface area contributed by atoms with Crippen LogP contribution in [0.5, 0.6) is 0 Å². The van der Waals surface area contributed by atoms with Gasteiger partial charge in [-0.1, -0.05) is 11.6 Å². The number of nitrogens with one attached hydrogen (secondary N) is 3. The predicted octanol–water partition coefficient (Wildman–Crippen LogP) is 2.73. The molecule has 2 bridgehead atoms. The van der Waals surface area contributed by atoms with Gasteiger partial charge in [0.05, 0.1) is 21.4 Å². The molecule has 190 valence electrons. The zero-order chi connectivity index (χ0) is 25.4. The highest BCUT2D eigenvalue weighted by atomic mass is 35.5. The maximum absolute atomic E-state index is 13.6. The number of anilines is 1. The number of amides is 4. The molecular weight excluding hydrogens is 504 g/mol. The summed E-state index contributed by atoms with van der Waals surface area (Å²) in [4.78, 5) is 53.3. The van der Waals surface area contributed by atoms with Crippen LogP contribution in [0.3, 0.4) is 0 Å². The lowest BCUT2D eigenvalue weighted by atomic mass is 9.80.